The zero-order valence-corrected chi connectivity index (χ0v) is 12.0. The van der Waals surface area contributed by atoms with E-state index in [1.54, 1.807) is 10.7 Å². The third-order valence-electron chi connectivity index (χ3n) is 2.93. The van der Waals surface area contributed by atoms with Crippen molar-refractivity contribution in [3.05, 3.63) is 58.6 Å². The molecule has 2 aromatic carbocycles. The molecule has 0 radical (unpaired) electrons. The highest BCUT2D eigenvalue weighted by Gasteiger charge is 2.09. The molecule has 3 rings (SSSR count). The molecule has 100 valence electrons. The van der Waals surface area contributed by atoms with Crippen molar-refractivity contribution in [2.24, 2.45) is 0 Å². The molecule has 0 spiro atoms. The van der Waals surface area contributed by atoms with E-state index in [9.17, 15) is 4.79 Å². The maximum Gasteiger partial charge on any atom is 0.253 e. The Hall–Kier alpha value is -2.21. The summed E-state index contributed by atoms with van der Waals surface area (Å²) in [5.41, 5.74) is 2.29. The van der Waals surface area contributed by atoms with Crippen LogP contribution < -0.4 is 5.32 Å². The van der Waals surface area contributed by atoms with Crippen molar-refractivity contribution in [2.45, 2.75) is 6.67 Å². The smallest absolute Gasteiger partial charge is 0.253 e. The van der Waals surface area contributed by atoms with Crippen LogP contribution in [0.3, 0.4) is 0 Å². The lowest BCUT2D eigenvalue weighted by molar-refractivity contribution is 0.0939. The maximum absolute atomic E-state index is 12.1. The minimum atomic E-state index is -0.156. The monoisotopic (exact) mass is 330 g/mol. The minimum absolute atomic E-state index is 0.156. The van der Waals surface area contributed by atoms with E-state index in [1.165, 1.54) is 0 Å². The summed E-state index contributed by atoms with van der Waals surface area (Å²) < 4.78 is 2.42. The molecular formula is C14H11BrN4O. The number of para-hydroxylation sites is 1. The Morgan fingerprint density at radius 3 is 2.75 bits per heavy atom. The zero-order chi connectivity index (χ0) is 13.9. The molecule has 0 unspecified atom stereocenters. The van der Waals surface area contributed by atoms with Gasteiger partial charge < -0.3 is 5.32 Å². The van der Waals surface area contributed by atoms with E-state index in [0.717, 1.165) is 15.5 Å². The molecule has 0 saturated heterocycles. The number of aromatic nitrogens is 3. The molecule has 0 aliphatic heterocycles. The normalized spacial score (nSPS) is 10.7. The van der Waals surface area contributed by atoms with Crippen molar-refractivity contribution in [1.29, 1.82) is 0 Å². The van der Waals surface area contributed by atoms with Crippen LogP contribution in [0.1, 0.15) is 10.4 Å². The summed E-state index contributed by atoms with van der Waals surface area (Å²) >= 11 is 3.36. The largest absolute Gasteiger partial charge is 0.333 e. The van der Waals surface area contributed by atoms with E-state index in [-0.39, 0.29) is 12.6 Å². The van der Waals surface area contributed by atoms with Crippen molar-refractivity contribution >= 4 is 32.9 Å². The number of rotatable bonds is 3. The number of carbonyl (C=O) groups is 1. The lowest BCUT2D eigenvalue weighted by Gasteiger charge is -2.07. The van der Waals surface area contributed by atoms with Crippen molar-refractivity contribution in [2.75, 3.05) is 0 Å². The summed E-state index contributed by atoms with van der Waals surface area (Å²) in [7, 11) is 0. The van der Waals surface area contributed by atoms with Crippen LogP contribution in [0.5, 0.6) is 0 Å². The minimum Gasteiger partial charge on any atom is -0.333 e. The van der Waals surface area contributed by atoms with Crippen LogP contribution >= 0.6 is 15.9 Å². The molecule has 1 N–H and O–H groups in total. The van der Waals surface area contributed by atoms with Crippen LogP contribution in [-0.4, -0.2) is 20.9 Å². The Labute approximate surface area is 123 Å². The summed E-state index contributed by atoms with van der Waals surface area (Å²) in [6.07, 6.45) is 0. The van der Waals surface area contributed by atoms with Crippen molar-refractivity contribution in [3.63, 3.8) is 0 Å². The first-order valence-electron chi connectivity index (χ1n) is 6.06. The lowest BCUT2D eigenvalue weighted by atomic mass is 10.2. The van der Waals surface area contributed by atoms with Gasteiger partial charge in [0.2, 0.25) is 0 Å². The number of fused-ring (bicyclic) bond motifs is 1. The van der Waals surface area contributed by atoms with Gasteiger partial charge in [0, 0.05) is 4.47 Å². The number of nitrogens with zero attached hydrogens (tertiary/aromatic N) is 3. The van der Waals surface area contributed by atoms with Gasteiger partial charge in [0.05, 0.1) is 11.1 Å². The summed E-state index contributed by atoms with van der Waals surface area (Å²) in [4.78, 5) is 12.1. The molecular weight excluding hydrogens is 320 g/mol. The number of amides is 1. The first-order valence-corrected chi connectivity index (χ1v) is 6.86. The number of hydrogen-bond donors (Lipinski definition) is 1. The number of hydrogen-bond acceptors (Lipinski definition) is 3. The first-order chi connectivity index (χ1) is 9.75. The van der Waals surface area contributed by atoms with Gasteiger partial charge >= 0.3 is 0 Å². The van der Waals surface area contributed by atoms with E-state index in [4.69, 9.17) is 0 Å². The maximum atomic E-state index is 12.1. The fourth-order valence-corrected chi connectivity index (χ4v) is 2.39. The highest BCUT2D eigenvalue weighted by atomic mass is 79.9. The van der Waals surface area contributed by atoms with Crippen LogP contribution in [0.4, 0.5) is 0 Å². The van der Waals surface area contributed by atoms with Gasteiger partial charge in [0.15, 0.2) is 0 Å². The van der Waals surface area contributed by atoms with Gasteiger partial charge in [-0.3, -0.25) is 4.79 Å². The van der Waals surface area contributed by atoms with Gasteiger partial charge in [-0.2, -0.15) is 0 Å². The van der Waals surface area contributed by atoms with E-state index in [0.29, 0.717) is 5.56 Å². The van der Waals surface area contributed by atoms with Crippen LogP contribution in [0, 0.1) is 0 Å². The van der Waals surface area contributed by atoms with Crippen LogP contribution in [-0.2, 0) is 6.67 Å². The molecule has 0 bridgehead atoms. The van der Waals surface area contributed by atoms with Gasteiger partial charge in [0.25, 0.3) is 5.91 Å². The molecule has 0 fully saturated rings. The van der Waals surface area contributed by atoms with Crippen molar-refractivity contribution in [3.8, 4) is 0 Å². The van der Waals surface area contributed by atoms with Crippen molar-refractivity contribution < 1.29 is 4.79 Å². The Morgan fingerprint density at radius 2 is 1.90 bits per heavy atom. The standard InChI is InChI=1S/C14H11BrN4O/c15-11-6-2-1-5-10(11)14(20)16-9-19-13-8-4-3-7-12(13)17-18-19/h1-8H,9H2,(H,16,20). The predicted octanol–water partition coefficient (Wildman–Crippen LogP) is 2.58. The fourth-order valence-electron chi connectivity index (χ4n) is 1.92. The van der Waals surface area contributed by atoms with Gasteiger partial charge in [-0.05, 0) is 40.2 Å². The summed E-state index contributed by atoms with van der Waals surface area (Å²) in [5, 5.41) is 10.9. The third kappa shape index (κ3) is 2.42. The summed E-state index contributed by atoms with van der Waals surface area (Å²) in [5.74, 6) is -0.156. The summed E-state index contributed by atoms with van der Waals surface area (Å²) in [6, 6.07) is 14.9. The van der Waals surface area contributed by atoms with E-state index >= 15 is 0 Å². The zero-order valence-electron chi connectivity index (χ0n) is 10.5. The molecule has 0 aliphatic carbocycles. The number of carbonyl (C=O) groups excluding carboxylic acids is 1. The SMILES string of the molecule is O=C(NCn1nnc2ccccc21)c1ccccc1Br. The molecule has 5 nitrogen and oxygen atoms in total. The Morgan fingerprint density at radius 1 is 1.15 bits per heavy atom. The topological polar surface area (TPSA) is 59.8 Å². The molecule has 0 saturated carbocycles. The second-order valence-corrected chi connectivity index (χ2v) is 5.08. The van der Waals surface area contributed by atoms with E-state index in [2.05, 4.69) is 31.6 Å². The molecule has 20 heavy (non-hydrogen) atoms. The molecule has 1 heterocycles. The fraction of sp³-hybridized carbons (Fsp3) is 0.0714. The molecule has 1 aromatic heterocycles. The average Bonchev–Trinajstić information content (AvgIpc) is 2.88. The third-order valence-corrected chi connectivity index (χ3v) is 3.62. The Bertz CT molecular complexity index is 768. The first kappa shape index (κ1) is 12.8. The second kappa shape index (κ2) is 5.42. The van der Waals surface area contributed by atoms with Crippen LogP contribution in [0.2, 0.25) is 0 Å². The van der Waals surface area contributed by atoms with Gasteiger partial charge in [0.1, 0.15) is 12.2 Å². The molecule has 6 heteroatoms. The quantitative estimate of drug-likeness (QED) is 0.802. The highest BCUT2D eigenvalue weighted by Crippen LogP contribution is 2.15. The summed E-state index contributed by atoms with van der Waals surface area (Å²) in [6.45, 7) is 0.278. The molecule has 0 atom stereocenters. The predicted molar refractivity (Wildman–Crippen MR) is 79.1 cm³/mol. The molecule has 0 aliphatic rings. The Kier molecular flexibility index (Phi) is 3.47. The van der Waals surface area contributed by atoms with Crippen LogP contribution in [0.15, 0.2) is 53.0 Å². The Balaban J connectivity index is 1.77. The van der Waals surface area contributed by atoms with Gasteiger partial charge in [-0.1, -0.05) is 29.5 Å². The van der Waals surface area contributed by atoms with Gasteiger partial charge in [-0.15, -0.1) is 5.10 Å². The van der Waals surface area contributed by atoms with Crippen molar-refractivity contribution in [1.82, 2.24) is 20.3 Å². The number of nitrogens with one attached hydrogen (secondary N) is 1. The number of halogens is 1. The van der Waals surface area contributed by atoms with E-state index in [1.807, 2.05) is 42.5 Å². The van der Waals surface area contributed by atoms with Crippen LogP contribution in [0.25, 0.3) is 11.0 Å². The lowest BCUT2D eigenvalue weighted by Crippen LogP contribution is -2.27. The molecule has 1 amide bonds. The molecule has 3 aromatic rings. The highest BCUT2D eigenvalue weighted by molar-refractivity contribution is 9.10. The van der Waals surface area contributed by atoms with E-state index < -0.39 is 0 Å². The number of benzene rings is 2. The van der Waals surface area contributed by atoms with Gasteiger partial charge in [-0.25, -0.2) is 4.68 Å². The second-order valence-electron chi connectivity index (χ2n) is 4.22. The average molecular weight is 331 g/mol.